The standard InChI is InChI=1S/C10H18N2OS/c1-7(8-2-3-8)12-10(13)9-6-11-4-5-14-9/h7-9,11H,2-6H2,1H3,(H,12,13). The van der Waals surface area contributed by atoms with Crippen LogP contribution in [0.25, 0.3) is 0 Å². The van der Waals surface area contributed by atoms with Crippen molar-refractivity contribution < 1.29 is 4.79 Å². The van der Waals surface area contributed by atoms with Crippen molar-refractivity contribution in [2.75, 3.05) is 18.8 Å². The Morgan fingerprint density at radius 1 is 1.57 bits per heavy atom. The monoisotopic (exact) mass is 214 g/mol. The van der Waals surface area contributed by atoms with Crippen molar-refractivity contribution in [3.8, 4) is 0 Å². The quantitative estimate of drug-likeness (QED) is 0.723. The first-order valence-electron chi connectivity index (χ1n) is 5.40. The molecule has 2 fully saturated rings. The third-order valence-electron chi connectivity index (χ3n) is 2.92. The third kappa shape index (κ3) is 2.64. The molecule has 0 aromatic carbocycles. The molecular weight excluding hydrogens is 196 g/mol. The zero-order valence-corrected chi connectivity index (χ0v) is 9.40. The molecule has 0 aromatic heterocycles. The van der Waals surface area contributed by atoms with Gasteiger partial charge in [0.05, 0.1) is 5.25 Å². The van der Waals surface area contributed by atoms with Crippen LogP contribution in [0.2, 0.25) is 0 Å². The molecule has 0 radical (unpaired) electrons. The van der Waals surface area contributed by atoms with Gasteiger partial charge in [-0.15, -0.1) is 11.8 Å². The molecular formula is C10H18N2OS. The smallest absolute Gasteiger partial charge is 0.234 e. The molecule has 80 valence electrons. The summed E-state index contributed by atoms with van der Waals surface area (Å²) in [4.78, 5) is 11.8. The van der Waals surface area contributed by atoms with Crippen LogP contribution >= 0.6 is 11.8 Å². The maximum absolute atomic E-state index is 11.8. The van der Waals surface area contributed by atoms with Crippen molar-refractivity contribution in [1.29, 1.82) is 0 Å². The van der Waals surface area contributed by atoms with Crippen LogP contribution < -0.4 is 10.6 Å². The van der Waals surface area contributed by atoms with Crippen molar-refractivity contribution in [3.05, 3.63) is 0 Å². The minimum Gasteiger partial charge on any atom is -0.352 e. The number of carbonyl (C=O) groups excluding carboxylic acids is 1. The predicted molar refractivity (Wildman–Crippen MR) is 59.4 cm³/mol. The number of thioether (sulfide) groups is 1. The second-order valence-corrected chi connectivity index (χ2v) is 5.51. The van der Waals surface area contributed by atoms with Gasteiger partial charge < -0.3 is 10.6 Å². The zero-order chi connectivity index (χ0) is 9.97. The average molecular weight is 214 g/mol. The van der Waals surface area contributed by atoms with Crippen molar-refractivity contribution in [2.24, 2.45) is 5.92 Å². The highest BCUT2D eigenvalue weighted by molar-refractivity contribution is 8.00. The molecule has 1 amide bonds. The molecule has 2 aliphatic rings. The molecule has 4 heteroatoms. The van der Waals surface area contributed by atoms with Gasteiger partial charge in [0, 0.05) is 24.9 Å². The van der Waals surface area contributed by atoms with Crippen LogP contribution in [0.3, 0.4) is 0 Å². The zero-order valence-electron chi connectivity index (χ0n) is 8.58. The normalized spacial score (nSPS) is 29.6. The van der Waals surface area contributed by atoms with Gasteiger partial charge in [0.1, 0.15) is 0 Å². The average Bonchev–Trinajstić information content (AvgIpc) is 3.02. The van der Waals surface area contributed by atoms with Gasteiger partial charge in [-0.3, -0.25) is 4.79 Å². The van der Waals surface area contributed by atoms with E-state index < -0.39 is 0 Å². The molecule has 1 saturated heterocycles. The van der Waals surface area contributed by atoms with Crippen LogP contribution in [-0.4, -0.2) is 36.0 Å². The van der Waals surface area contributed by atoms with E-state index in [1.807, 2.05) is 0 Å². The van der Waals surface area contributed by atoms with Crippen LogP contribution in [0.5, 0.6) is 0 Å². The molecule has 0 spiro atoms. The van der Waals surface area contributed by atoms with Crippen LogP contribution in [0, 0.1) is 5.92 Å². The van der Waals surface area contributed by atoms with Gasteiger partial charge in [0.2, 0.25) is 5.91 Å². The van der Waals surface area contributed by atoms with E-state index in [9.17, 15) is 4.79 Å². The van der Waals surface area contributed by atoms with Crippen molar-refractivity contribution in [1.82, 2.24) is 10.6 Å². The summed E-state index contributed by atoms with van der Waals surface area (Å²) in [5, 5.41) is 6.49. The lowest BCUT2D eigenvalue weighted by molar-refractivity contribution is -0.121. The van der Waals surface area contributed by atoms with Gasteiger partial charge in [-0.1, -0.05) is 0 Å². The summed E-state index contributed by atoms with van der Waals surface area (Å²) >= 11 is 1.77. The Balaban J connectivity index is 1.75. The fourth-order valence-corrected chi connectivity index (χ4v) is 2.77. The molecule has 0 aromatic rings. The minimum atomic E-state index is 0.130. The summed E-state index contributed by atoms with van der Waals surface area (Å²) in [5.41, 5.74) is 0. The molecule has 0 bridgehead atoms. The summed E-state index contributed by atoms with van der Waals surface area (Å²) in [6.45, 7) is 3.98. The van der Waals surface area contributed by atoms with Crippen molar-refractivity contribution >= 4 is 17.7 Å². The van der Waals surface area contributed by atoms with E-state index in [0.29, 0.717) is 6.04 Å². The highest BCUT2D eigenvalue weighted by atomic mass is 32.2. The molecule has 1 heterocycles. The number of carbonyl (C=O) groups is 1. The first-order chi connectivity index (χ1) is 6.77. The molecule has 2 unspecified atom stereocenters. The van der Waals surface area contributed by atoms with Gasteiger partial charge in [-0.05, 0) is 25.7 Å². The van der Waals surface area contributed by atoms with Crippen molar-refractivity contribution in [3.63, 3.8) is 0 Å². The second kappa shape index (κ2) is 4.53. The predicted octanol–water partition coefficient (Wildman–Crippen LogP) is 0.606. The third-order valence-corrected chi connectivity index (χ3v) is 4.14. The Morgan fingerprint density at radius 3 is 2.93 bits per heavy atom. The van der Waals surface area contributed by atoms with Gasteiger partial charge in [-0.25, -0.2) is 0 Å². The molecule has 14 heavy (non-hydrogen) atoms. The maximum atomic E-state index is 11.8. The first kappa shape index (κ1) is 10.3. The Morgan fingerprint density at radius 2 is 2.36 bits per heavy atom. The molecule has 2 atom stereocenters. The molecule has 1 aliphatic heterocycles. The SMILES string of the molecule is CC(NC(=O)C1CNCCS1)C1CC1. The lowest BCUT2D eigenvalue weighted by atomic mass is 10.2. The Labute approximate surface area is 89.4 Å². The van der Waals surface area contributed by atoms with E-state index in [2.05, 4.69) is 17.6 Å². The van der Waals surface area contributed by atoms with Gasteiger partial charge in [0.15, 0.2) is 0 Å². The molecule has 3 nitrogen and oxygen atoms in total. The largest absolute Gasteiger partial charge is 0.352 e. The summed E-state index contributed by atoms with van der Waals surface area (Å²) < 4.78 is 0. The van der Waals surface area contributed by atoms with Crippen LogP contribution in [0.1, 0.15) is 19.8 Å². The number of amides is 1. The lowest BCUT2D eigenvalue weighted by Crippen LogP contribution is -2.46. The van der Waals surface area contributed by atoms with Gasteiger partial charge >= 0.3 is 0 Å². The number of hydrogen-bond acceptors (Lipinski definition) is 3. The summed E-state index contributed by atoms with van der Waals surface area (Å²) in [6, 6.07) is 0.380. The van der Waals surface area contributed by atoms with E-state index in [1.54, 1.807) is 11.8 Å². The molecule has 2 rings (SSSR count). The van der Waals surface area contributed by atoms with Crippen LogP contribution in [0.15, 0.2) is 0 Å². The summed E-state index contributed by atoms with van der Waals surface area (Å²) in [6.07, 6.45) is 2.58. The molecule has 2 N–H and O–H groups in total. The second-order valence-electron chi connectivity index (χ2n) is 4.20. The van der Waals surface area contributed by atoms with Gasteiger partial charge in [-0.2, -0.15) is 0 Å². The highest BCUT2D eigenvalue weighted by Crippen LogP contribution is 2.32. The maximum Gasteiger partial charge on any atom is 0.234 e. The summed E-state index contributed by atoms with van der Waals surface area (Å²) in [7, 11) is 0. The Bertz CT molecular complexity index is 212. The van der Waals surface area contributed by atoms with Crippen LogP contribution in [0.4, 0.5) is 0 Å². The minimum absolute atomic E-state index is 0.130. The van der Waals surface area contributed by atoms with E-state index in [-0.39, 0.29) is 11.2 Å². The number of hydrogen-bond donors (Lipinski definition) is 2. The first-order valence-corrected chi connectivity index (χ1v) is 6.45. The highest BCUT2D eigenvalue weighted by Gasteiger charge is 2.31. The van der Waals surface area contributed by atoms with E-state index in [4.69, 9.17) is 0 Å². The number of nitrogens with one attached hydrogen (secondary N) is 2. The lowest BCUT2D eigenvalue weighted by Gasteiger charge is -2.23. The molecule has 1 aliphatic carbocycles. The number of rotatable bonds is 3. The van der Waals surface area contributed by atoms with Crippen LogP contribution in [-0.2, 0) is 4.79 Å². The topological polar surface area (TPSA) is 41.1 Å². The fourth-order valence-electron chi connectivity index (χ4n) is 1.77. The Hall–Kier alpha value is -0.220. The summed E-state index contributed by atoms with van der Waals surface area (Å²) in [5.74, 6) is 2.03. The fraction of sp³-hybridized carbons (Fsp3) is 0.900. The van der Waals surface area contributed by atoms with E-state index in [0.717, 1.165) is 24.8 Å². The Kier molecular flexibility index (Phi) is 3.34. The van der Waals surface area contributed by atoms with Gasteiger partial charge in [0.25, 0.3) is 0 Å². The van der Waals surface area contributed by atoms with Crippen molar-refractivity contribution in [2.45, 2.75) is 31.1 Å². The molecule has 1 saturated carbocycles. The van der Waals surface area contributed by atoms with E-state index >= 15 is 0 Å². The van der Waals surface area contributed by atoms with E-state index in [1.165, 1.54) is 12.8 Å².